The molecule has 6 nitrogen and oxygen atoms in total. The predicted octanol–water partition coefficient (Wildman–Crippen LogP) is 2.71. The van der Waals surface area contributed by atoms with Gasteiger partial charge in [0.2, 0.25) is 10.0 Å². The first-order valence-corrected chi connectivity index (χ1v) is 9.06. The number of anilines is 1. The molecule has 0 bridgehead atoms. The molecular weight excluding hydrogens is 352 g/mol. The maximum atomic E-state index is 12.6. The quantitative estimate of drug-likeness (QED) is 0.871. The van der Waals surface area contributed by atoms with E-state index in [-0.39, 0.29) is 17.4 Å². The normalized spacial score (nSPS) is 15.2. The average molecular weight is 367 g/mol. The van der Waals surface area contributed by atoms with Crippen LogP contribution in [-0.2, 0) is 14.8 Å². The van der Waals surface area contributed by atoms with Crippen LogP contribution in [0.3, 0.4) is 0 Å². The zero-order valence-electron chi connectivity index (χ0n) is 12.7. The van der Waals surface area contributed by atoms with Crippen molar-refractivity contribution in [2.75, 3.05) is 11.9 Å². The molecule has 0 saturated heterocycles. The van der Waals surface area contributed by atoms with Crippen LogP contribution in [0.15, 0.2) is 47.4 Å². The van der Waals surface area contributed by atoms with Gasteiger partial charge < -0.3 is 10.1 Å². The maximum absolute atomic E-state index is 12.6. The van der Waals surface area contributed by atoms with Gasteiger partial charge in [0.15, 0.2) is 6.61 Å². The Labute approximate surface area is 144 Å². The number of sulfonamides is 1. The molecule has 1 unspecified atom stereocenters. The number of nitrogens with one attached hydrogen (secondary N) is 2. The Hall–Kier alpha value is -2.09. The molecule has 1 heterocycles. The van der Waals surface area contributed by atoms with Crippen LogP contribution in [0, 0.1) is 0 Å². The highest BCUT2D eigenvalue weighted by Gasteiger charge is 2.22. The van der Waals surface area contributed by atoms with E-state index in [9.17, 15) is 13.2 Å². The second-order valence-corrected chi connectivity index (χ2v) is 7.54. The fraction of sp³-hybridized carbons (Fsp3) is 0.188. The maximum Gasteiger partial charge on any atom is 0.262 e. The van der Waals surface area contributed by atoms with Gasteiger partial charge >= 0.3 is 0 Å². The van der Waals surface area contributed by atoms with Crippen molar-refractivity contribution in [1.29, 1.82) is 0 Å². The van der Waals surface area contributed by atoms with E-state index in [4.69, 9.17) is 16.3 Å². The van der Waals surface area contributed by atoms with Crippen molar-refractivity contribution in [3.63, 3.8) is 0 Å². The van der Waals surface area contributed by atoms with Gasteiger partial charge in [-0.3, -0.25) is 4.79 Å². The van der Waals surface area contributed by atoms with Crippen molar-refractivity contribution in [3.05, 3.63) is 53.1 Å². The average Bonchev–Trinajstić information content (AvgIpc) is 2.54. The number of carbonyl (C=O) groups is 1. The molecule has 1 amide bonds. The van der Waals surface area contributed by atoms with Gasteiger partial charge in [-0.1, -0.05) is 23.7 Å². The van der Waals surface area contributed by atoms with Crippen LogP contribution in [0.5, 0.6) is 5.75 Å². The van der Waals surface area contributed by atoms with Crippen LogP contribution >= 0.6 is 11.6 Å². The second-order valence-electron chi connectivity index (χ2n) is 5.39. The fourth-order valence-electron chi connectivity index (χ4n) is 2.35. The largest absolute Gasteiger partial charge is 0.482 e. The minimum atomic E-state index is -3.76. The van der Waals surface area contributed by atoms with Gasteiger partial charge in [-0.2, -0.15) is 0 Å². The molecule has 3 rings (SSSR count). The van der Waals surface area contributed by atoms with E-state index < -0.39 is 16.1 Å². The van der Waals surface area contributed by atoms with Crippen molar-refractivity contribution < 1.29 is 17.9 Å². The Morgan fingerprint density at radius 1 is 1.21 bits per heavy atom. The molecule has 8 heteroatoms. The van der Waals surface area contributed by atoms with Gasteiger partial charge in [-0.25, -0.2) is 13.1 Å². The topological polar surface area (TPSA) is 84.5 Å². The molecule has 126 valence electrons. The first-order valence-electron chi connectivity index (χ1n) is 7.20. The number of hydrogen-bond donors (Lipinski definition) is 2. The van der Waals surface area contributed by atoms with Crippen LogP contribution < -0.4 is 14.8 Å². The summed E-state index contributed by atoms with van der Waals surface area (Å²) in [6, 6.07) is 10.8. The van der Waals surface area contributed by atoms with Crippen molar-refractivity contribution in [3.8, 4) is 5.75 Å². The predicted molar refractivity (Wildman–Crippen MR) is 90.8 cm³/mol. The number of rotatable bonds is 4. The molecule has 1 atom stereocenters. The molecule has 2 N–H and O–H groups in total. The zero-order chi connectivity index (χ0) is 17.3. The van der Waals surface area contributed by atoms with Crippen molar-refractivity contribution in [2.24, 2.45) is 0 Å². The zero-order valence-corrected chi connectivity index (χ0v) is 14.3. The fourth-order valence-corrected chi connectivity index (χ4v) is 3.73. The van der Waals surface area contributed by atoms with Crippen molar-refractivity contribution in [1.82, 2.24) is 4.72 Å². The van der Waals surface area contributed by atoms with E-state index in [1.54, 1.807) is 31.2 Å². The van der Waals surface area contributed by atoms with Gasteiger partial charge in [0.1, 0.15) is 5.75 Å². The van der Waals surface area contributed by atoms with Gasteiger partial charge in [0, 0.05) is 11.1 Å². The van der Waals surface area contributed by atoms with E-state index in [1.165, 1.54) is 18.2 Å². The molecule has 0 aliphatic carbocycles. The number of halogens is 1. The summed E-state index contributed by atoms with van der Waals surface area (Å²) in [5.41, 5.74) is 1.13. The molecule has 0 saturated carbocycles. The molecular formula is C16H15ClN2O4S. The summed E-state index contributed by atoms with van der Waals surface area (Å²) in [4.78, 5) is 11.4. The Morgan fingerprint density at radius 2 is 1.92 bits per heavy atom. The number of ether oxygens (including phenoxy) is 1. The monoisotopic (exact) mass is 366 g/mol. The van der Waals surface area contributed by atoms with E-state index in [0.29, 0.717) is 16.5 Å². The lowest BCUT2D eigenvalue weighted by atomic mass is 10.1. The molecule has 1 aliphatic rings. The summed E-state index contributed by atoms with van der Waals surface area (Å²) in [5, 5.41) is 3.18. The Balaban J connectivity index is 1.84. The Kier molecular flexibility index (Phi) is 4.49. The minimum absolute atomic E-state index is 0.0489. The van der Waals surface area contributed by atoms with Crippen LogP contribution in [-0.4, -0.2) is 20.9 Å². The highest BCUT2D eigenvalue weighted by atomic mass is 35.5. The summed E-state index contributed by atoms with van der Waals surface area (Å²) in [5.74, 6) is 0.124. The summed E-state index contributed by atoms with van der Waals surface area (Å²) in [6.45, 7) is 1.66. The summed E-state index contributed by atoms with van der Waals surface area (Å²) >= 11 is 5.84. The number of hydrogen-bond acceptors (Lipinski definition) is 4. The first-order chi connectivity index (χ1) is 11.3. The molecule has 0 radical (unpaired) electrons. The van der Waals surface area contributed by atoms with E-state index in [0.717, 1.165) is 5.56 Å². The third-order valence-corrected chi connectivity index (χ3v) is 5.39. The molecule has 0 spiro atoms. The Morgan fingerprint density at radius 3 is 2.62 bits per heavy atom. The lowest BCUT2D eigenvalue weighted by Crippen LogP contribution is -2.28. The van der Waals surface area contributed by atoms with E-state index >= 15 is 0 Å². The van der Waals surface area contributed by atoms with Gasteiger partial charge in [0.25, 0.3) is 5.91 Å². The smallest absolute Gasteiger partial charge is 0.262 e. The molecule has 0 fully saturated rings. The highest BCUT2D eigenvalue weighted by Crippen LogP contribution is 2.30. The first kappa shape index (κ1) is 16.8. The Bertz CT molecular complexity index is 881. The third-order valence-electron chi connectivity index (χ3n) is 3.60. The van der Waals surface area contributed by atoms with E-state index in [2.05, 4.69) is 10.0 Å². The number of benzene rings is 2. The SMILES string of the molecule is CC(NS(=O)(=O)c1ccc2c(c1)NC(=O)CO2)c1ccc(Cl)cc1. The standard InChI is InChI=1S/C16H15ClN2O4S/c1-10(11-2-4-12(17)5-3-11)19-24(21,22)13-6-7-15-14(8-13)18-16(20)9-23-15/h2-8,10,19H,9H2,1H3,(H,18,20). The molecule has 24 heavy (non-hydrogen) atoms. The third kappa shape index (κ3) is 3.53. The lowest BCUT2D eigenvalue weighted by molar-refractivity contribution is -0.118. The van der Waals surface area contributed by atoms with Crippen LogP contribution in [0.4, 0.5) is 5.69 Å². The molecule has 2 aromatic rings. The molecule has 0 aromatic heterocycles. The number of fused-ring (bicyclic) bond motifs is 1. The summed E-state index contributed by atoms with van der Waals surface area (Å²) < 4.78 is 32.9. The second kappa shape index (κ2) is 6.43. The number of carbonyl (C=O) groups excluding carboxylic acids is 1. The molecule has 2 aromatic carbocycles. The van der Waals surface area contributed by atoms with Crippen LogP contribution in [0.25, 0.3) is 0 Å². The van der Waals surface area contributed by atoms with Crippen molar-refractivity contribution in [2.45, 2.75) is 17.9 Å². The number of amides is 1. The van der Waals surface area contributed by atoms with Gasteiger partial charge in [-0.15, -0.1) is 0 Å². The van der Waals surface area contributed by atoms with Crippen LogP contribution in [0.1, 0.15) is 18.5 Å². The van der Waals surface area contributed by atoms with Crippen molar-refractivity contribution >= 4 is 33.2 Å². The summed E-state index contributed by atoms with van der Waals surface area (Å²) in [7, 11) is -3.76. The van der Waals surface area contributed by atoms with Crippen LogP contribution in [0.2, 0.25) is 5.02 Å². The lowest BCUT2D eigenvalue weighted by Gasteiger charge is -2.19. The molecule has 1 aliphatic heterocycles. The highest BCUT2D eigenvalue weighted by molar-refractivity contribution is 7.89. The van der Waals surface area contributed by atoms with Gasteiger partial charge in [-0.05, 0) is 42.8 Å². The minimum Gasteiger partial charge on any atom is -0.482 e. The van der Waals surface area contributed by atoms with E-state index in [1.807, 2.05) is 0 Å². The van der Waals surface area contributed by atoms with Gasteiger partial charge in [0.05, 0.1) is 10.6 Å². The summed E-state index contributed by atoms with van der Waals surface area (Å²) in [6.07, 6.45) is 0.